The highest BCUT2D eigenvalue weighted by molar-refractivity contribution is 5.84. The van der Waals surface area contributed by atoms with E-state index in [9.17, 15) is 9.59 Å². The molecule has 2 N–H and O–H groups in total. The maximum Gasteiger partial charge on any atom is 0.330 e. The first-order chi connectivity index (χ1) is 7.82. The highest BCUT2D eigenvalue weighted by Gasteiger charge is 2.48. The second-order valence-electron chi connectivity index (χ2n) is 4.69. The molecule has 1 saturated carbocycles. The molecule has 17 heavy (non-hydrogen) atoms. The molecular weight excluding hydrogens is 224 g/mol. The van der Waals surface area contributed by atoms with Gasteiger partial charge in [0.05, 0.1) is 18.1 Å². The van der Waals surface area contributed by atoms with Crippen LogP contribution in [0.5, 0.6) is 0 Å². The Morgan fingerprint density at radius 1 is 1.24 bits per heavy atom. The number of hydrogen-bond donors (Lipinski definition) is 2. The third-order valence-corrected chi connectivity index (χ3v) is 3.15. The van der Waals surface area contributed by atoms with Crippen molar-refractivity contribution in [1.29, 1.82) is 0 Å². The number of carboxylic acid groups (broad SMARTS) is 2. The van der Waals surface area contributed by atoms with Crippen molar-refractivity contribution in [1.82, 2.24) is 0 Å². The monoisotopic (exact) mass is 242 g/mol. The quantitative estimate of drug-likeness (QED) is 0.566. The third-order valence-electron chi connectivity index (χ3n) is 3.15. The first kappa shape index (κ1) is 13.7. The van der Waals surface area contributed by atoms with Crippen LogP contribution in [0.15, 0.2) is 12.2 Å². The third kappa shape index (κ3) is 3.85. The Labute approximate surface area is 100 Å². The van der Waals surface area contributed by atoms with Gasteiger partial charge in [-0.1, -0.05) is 13.5 Å². The number of fused-ring (bicyclic) bond motifs is 1. The number of carbonyl (C=O) groups is 2. The van der Waals surface area contributed by atoms with Gasteiger partial charge in [0.1, 0.15) is 0 Å². The van der Waals surface area contributed by atoms with Crippen LogP contribution >= 0.6 is 0 Å². The zero-order valence-electron chi connectivity index (χ0n) is 10.0. The van der Waals surface area contributed by atoms with Crippen LogP contribution in [0.2, 0.25) is 0 Å². The van der Waals surface area contributed by atoms with Gasteiger partial charge in [-0.3, -0.25) is 4.79 Å². The Hall–Kier alpha value is -1.36. The van der Waals surface area contributed by atoms with E-state index < -0.39 is 11.9 Å². The molecule has 0 aromatic rings. The van der Waals surface area contributed by atoms with E-state index in [1.54, 1.807) is 0 Å². The Balaban J connectivity index is 0.000000209. The van der Waals surface area contributed by atoms with Gasteiger partial charge in [0.15, 0.2) is 0 Å². The minimum Gasteiger partial charge on any atom is -0.481 e. The van der Waals surface area contributed by atoms with E-state index in [4.69, 9.17) is 14.9 Å². The van der Waals surface area contributed by atoms with Gasteiger partial charge in [0, 0.05) is 5.57 Å². The van der Waals surface area contributed by atoms with Crippen LogP contribution in [0.25, 0.3) is 0 Å². The van der Waals surface area contributed by atoms with Crippen LogP contribution in [0.4, 0.5) is 0 Å². The molecule has 96 valence electrons. The summed E-state index contributed by atoms with van der Waals surface area (Å²) in [4.78, 5) is 20.3. The average molecular weight is 242 g/mol. The fraction of sp³-hybridized carbons (Fsp3) is 0.667. The van der Waals surface area contributed by atoms with E-state index in [0.29, 0.717) is 6.10 Å². The number of rotatable bonds is 2. The molecule has 1 aliphatic carbocycles. The van der Waals surface area contributed by atoms with E-state index >= 15 is 0 Å². The number of epoxide rings is 1. The highest BCUT2D eigenvalue weighted by atomic mass is 16.6. The van der Waals surface area contributed by atoms with Crippen LogP contribution in [-0.4, -0.2) is 34.4 Å². The van der Waals surface area contributed by atoms with E-state index in [1.807, 2.05) is 6.92 Å². The fourth-order valence-electron chi connectivity index (χ4n) is 1.95. The summed E-state index contributed by atoms with van der Waals surface area (Å²) in [6, 6.07) is 0. The molecule has 2 aliphatic rings. The van der Waals surface area contributed by atoms with E-state index in [0.717, 1.165) is 12.8 Å². The number of aliphatic carboxylic acids is 2. The lowest BCUT2D eigenvalue weighted by atomic mass is 9.81. The van der Waals surface area contributed by atoms with Crippen LogP contribution in [0.3, 0.4) is 0 Å². The van der Waals surface area contributed by atoms with Gasteiger partial charge in [0.25, 0.3) is 0 Å². The van der Waals surface area contributed by atoms with Gasteiger partial charge >= 0.3 is 11.9 Å². The minimum atomic E-state index is -0.935. The van der Waals surface area contributed by atoms with Crippen molar-refractivity contribution < 1.29 is 24.5 Å². The molecule has 0 amide bonds. The van der Waals surface area contributed by atoms with Crippen molar-refractivity contribution in [2.24, 2.45) is 11.8 Å². The predicted octanol–water partition coefficient (Wildman–Crippen LogP) is 1.53. The molecule has 1 heterocycles. The van der Waals surface area contributed by atoms with Gasteiger partial charge in [-0.05, 0) is 25.7 Å². The van der Waals surface area contributed by atoms with Gasteiger partial charge in [-0.15, -0.1) is 0 Å². The van der Waals surface area contributed by atoms with Crippen LogP contribution in [-0.2, 0) is 14.3 Å². The lowest BCUT2D eigenvalue weighted by molar-refractivity contribution is -0.144. The molecule has 2 rings (SSSR count). The molecule has 0 bridgehead atoms. The molecule has 4 atom stereocenters. The maximum absolute atomic E-state index is 10.7. The molecule has 5 nitrogen and oxygen atoms in total. The van der Waals surface area contributed by atoms with Crippen LogP contribution in [0, 0.1) is 11.8 Å². The SMILES string of the molecule is C=C(C)C(=O)O.CC1CC2OC2CC1C(=O)O. The topological polar surface area (TPSA) is 87.1 Å². The normalized spacial score (nSPS) is 33.8. The van der Waals surface area contributed by atoms with Crippen molar-refractivity contribution in [2.45, 2.75) is 38.9 Å². The Kier molecular flexibility index (Phi) is 4.28. The van der Waals surface area contributed by atoms with Crippen molar-refractivity contribution in [3.63, 3.8) is 0 Å². The average Bonchev–Trinajstić information content (AvgIpc) is 2.94. The summed E-state index contributed by atoms with van der Waals surface area (Å²) >= 11 is 0. The van der Waals surface area contributed by atoms with Crippen molar-refractivity contribution in [2.75, 3.05) is 0 Å². The molecular formula is C12H18O5. The van der Waals surface area contributed by atoms with Gasteiger partial charge in [-0.25, -0.2) is 4.79 Å². The molecule has 0 radical (unpaired) electrons. The molecule has 0 spiro atoms. The summed E-state index contributed by atoms with van der Waals surface area (Å²) in [5.41, 5.74) is 0.176. The molecule has 4 unspecified atom stereocenters. The molecule has 5 heteroatoms. The summed E-state index contributed by atoms with van der Waals surface area (Å²) in [7, 11) is 0. The van der Waals surface area contributed by atoms with Crippen LogP contribution in [0.1, 0.15) is 26.7 Å². The maximum atomic E-state index is 10.7. The van der Waals surface area contributed by atoms with E-state index in [2.05, 4.69) is 6.58 Å². The first-order valence-electron chi connectivity index (χ1n) is 5.60. The minimum absolute atomic E-state index is 0.168. The summed E-state index contributed by atoms with van der Waals surface area (Å²) < 4.78 is 5.27. The van der Waals surface area contributed by atoms with Gasteiger partial charge in [-0.2, -0.15) is 0 Å². The molecule has 1 aliphatic heterocycles. The van der Waals surface area contributed by atoms with Crippen molar-refractivity contribution >= 4 is 11.9 Å². The Morgan fingerprint density at radius 3 is 2.12 bits per heavy atom. The smallest absolute Gasteiger partial charge is 0.330 e. The van der Waals surface area contributed by atoms with Gasteiger partial charge < -0.3 is 14.9 Å². The Bertz CT molecular complexity index is 324. The standard InChI is InChI=1S/C8H12O3.C4H6O2/c1-4-2-6-7(11-6)3-5(4)8(9)10;1-3(2)4(5)6/h4-7H,2-3H2,1H3,(H,9,10);1H2,2H3,(H,5,6). The highest BCUT2D eigenvalue weighted by Crippen LogP contribution is 2.42. The summed E-state index contributed by atoms with van der Waals surface area (Å²) in [5.74, 6) is -1.48. The van der Waals surface area contributed by atoms with E-state index in [1.165, 1.54) is 6.92 Å². The van der Waals surface area contributed by atoms with E-state index in [-0.39, 0.29) is 23.5 Å². The fourth-order valence-corrected chi connectivity index (χ4v) is 1.95. The molecule has 1 saturated heterocycles. The molecule has 2 fully saturated rings. The lowest BCUT2D eigenvalue weighted by Gasteiger charge is -2.21. The second-order valence-corrected chi connectivity index (χ2v) is 4.69. The van der Waals surface area contributed by atoms with Crippen LogP contribution < -0.4 is 0 Å². The van der Waals surface area contributed by atoms with Crippen molar-refractivity contribution in [3.8, 4) is 0 Å². The zero-order valence-corrected chi connectivity index (χ0v) is 10.0. The summed E-state index contributed by atoms with van der Waals surface area (Å²) in [6.45, 7) is 6.60. The molecule has 0 aromatic carbocycles. The van der Waals surface area contributed by atoms with Gasteiger partial charge in [0.2, 0.25) is 0 Å². The Morgan fingerprint density at radius 2 is 1.71 bits per heavy atom. The predicted molar refractivity (Wildman–Crippen MR) is 60.6 cm³/mol. The molecule has 0 aromatic heterocycles. The summed E-state index contributed by atoms with van der Waals surface area (Å²) in [6.07, 6.45) is 2.32. The first-order valence-corrected chi connectivity index (χ1v) is 5.60. The lowest BCUT2D eigenvalue weighted by Crippen LogP contribution is -2.28. The van der Waals surface area contributed by atoms with Crippen molar-refractivity contribution in [3.05, 3.63) is 12.2 Å². The second kappa shape index (κ2) is 5.31. The summed E-state index contributed by atoms with van der Waals surface area (Å²) in [5, 5.41) is 16.7. The number of carboxylic acids is 2. The largest absolute Gasteiger partial charge is 0.481 e. The zero-order chi connectivity index (χ0) is 13.2. The number of ether oxygens (including phenoxy) is 1. The number of hydrogen-bond acceptors (Lipinski definition) is 3.